The highest BCUT2D eigenvalue weighted by Gasteiger charge is 2.39. The fourth-order valence-corrected chi connectivity index (χ4v) is 5.90. The molecule has 7 nitrogen and oxygen atoms in total. The first kappa shape index (κ1) is 25.6. The van der Waals surface area contributed by atoms with Crippen molar-refractivity contribution in [2.75, 3.05) is 72.0 Å². The number of fused-ring (bicyclic) bond motifs is 5. The largest absolute Gasteiger partial charge is 0.315 e. The van der Waals surface area contributed by atoms with Gasteiger partial charge in [0.1, 0.15) is 0 Å². The van der Waals surface area contributed by atoms with Crippen LogP contribution in [0.2, 0.25) is 0 Å². The third-order valence-corrected chi connectivity index (χ3v) is 7.88. The van der Waals surface area contributed by atoms with Crippen molar-refractivity contribution in [3.05, 3.63) is 35.4 Å². The summed E-state index contributed by atoms with van der Waals surface area (Å²) in [4.78, 5) is 2.75. The van der Waals surface area contributed by atoms with Crippen LogP contribution in [0, 0.1) is 12.3 Å². The van der Waals surface area contributed by atoms with Crippen LogP contribution in [-0.4, -0.2) is 94.0 Å². The number of rotatable bonds is 5. The molecule has 1 aromatic carbocycles. The van der Waals surface area contributed by atoms with E-state index in [2.05, 4.69) is 61.8 Å². The van der Waals surface area contributed by atoms with Crippen molar-refractivity contribution in [1.82, 2.24) is 36.8 Å². The summed E-state index contributed by atoms with van der Waals surface area (Å²) in [5, 5.41) is 22.9. The molecule has 7 heteroatoms. The van der Waals surface area contributed by atoms with Crippen molar-refractivity contribution >= 4 is 0 Å². The van der Waals surface area contributed by atoms with Gasteiger partial charge < -0.3 is 31.9 Å². The molecule has 3 heterocycles. The Bertz CT molecular complexity index is 791. The monoisotopic (exact) mass is 467 g/mol. The average molecular weight is 468 g/mol. The van der Waals surface area contributed by atoms with Gasteiger partial charge in [0, 0.05) is 82.6 Å². The van der Waals surface area contributed by atoms with E-state index in [-0.39, 0.29) is 11.1 Å². The maximum atomic E-state index is 5.53. The zero-order valence-electron chi connectivity index (χ0n) is 21.0. The van der Waals surface area contributed by atoms with E-state index in [0.29, 0.717) is 6.04 Å². The van der Waals surface area contributed by atoms with Crippen LogP contribution in [0.4, 0.5) is 0 Å². The van der Waals surface area contributed by atoms with Crippen molar-refractivity contribution in [3.63, 3.8) is 0 Å². The van der Waals surface area contributed by atoms with Gasteiger partial charge in [-0.05, 0) is 50.0 Å². The molecule has 0 saturated carbocycles. The van der Waals surface area contributed by atoms with Crippen molar-refractivity contribution in [2.24, 2.45) is 0 Å². The van der Waals surface area contributed by atoms with Crippen LogP contribution in [0.1, 0.15) is 37.3 Å². The standard InChI is InChI=1S/C27H45N7/c1-3-23-5-7-24(8-6-23)17-33-27-19-28-12-10-25-9-11-26(32-4-2,18-29-13-14-30-20-27)22-34(25)16-15-31-21-27/h1,5-8,25,28-33H,4,9-22H2,2H3. The molecule has 0 spiro atoms. The molecule has 4 atom stereocenters. The van der Waals surface area contributed by atoms with Crippen LogP contribution in [-0.2, 0) is 6.54 Å². The summed E-state index contributed by atoms with van der Waals surface area (Å²) in [5.74, 6) is 2.71. The van der Waals surface area contributed by atoms with Crippen molar-refractivity contribution < 1.29 is 0 Å². The van der Waals surface area contributed by atoms with Crippen LogP contribution >= 0.6 is 0 Å². The lowest BCUT2D eigenvalue weighted by molar-refractivity contribution is 0.0662. The van der Waals surface area contributed by atoms with Crippen molar-refractivity contribution in [2.45, 2.75) is 49.9 Å². The Labute approximate surface area is 206 Å². The number of nitrogens with one attached hydrogen (secondary N) is 6. The molecule has 0 amide bonds. The molecular formula is C27H45N7. The molecule has 3 bridgehead atoms. The molecule has 3 aliphatic heterocycles. The van der Waals surface area contributed by atoms with E-state index in [1.54, 1.807) is 0 Å². The maximum absolute atomic E-state index is 5.53. The summed E-state index contributed by atoms with van der Waals surface area (Å²) in [6.45, 7) is 14.2. The van der Waals surface area contributed by atoms with E-state index in [9.17, 15) is 0 Å². The van der Waals surface area contributed by atoms with Gasteiger partial charge in [-0.3, -0.25) is 4.90 Å². The minimum atomic E-state index is -0.0622. The third-order valence-electron chi connectivity index (χ3n) is 7.88. The van der Waals surface area contributed by atoms with Crippen LogP contribution in [0.3, 0.4) is 0 Å². The summed E-state index contributed by atoms with van der Waals surface area (Å²) in [6, 6.07) is 9.01. The van der Waals surface area contributed by atoms with Gasteiger partial charge in [0.2, 0.25) is 0 Å². The number of hydrogen-bond acceptors (Lipinski definition) is 7. The van der Waals surface area contributed by atoms with Gasteiger partial charge in [-0.2, -0.15) is 0 Å². The highest BCUT2D eigenvalue weighted by molar-refractivity contribution is 5.34. The molecule has 3 saturated heterocycles. The molecule has 0 aliphatic carbocycles. The number of terminal acetylenes is 1. The van der Waals surface area contributed by atoms with Gasteiger partial charge in [0.05, 0.1) is 5.54 Å². The van der Waals surface area contributed by atoms with Gasteiger partial charge in [0.15, 0.2) is 0 Å². The van der Waals surface area contributed by atoms with Crippen LogP contribution in [0.5, 0.6) is 0 Å². The first-order chi connectivity index (χ1) is 16.7. The first-order valence-corrected chi connectivity index (χ1v) is 13.3. The van der Waals surface area contributed by atoms with E-state index in [4.69, 9.17) is 6.42 Å². The van der Waals surface area contributed by atoms with E-state index >= 15 is 0 Å². The fraction of sp³-hybridized carbons (Fsp3) is 0.704. The van der Waals surface area contributed by atoms with E-state index in [0.717, 1.165) is 84.1 Å². The molecule has 3 aliphatic rings. The lowest BCUT2D eigenvalue weighted by Gasteiger charge is -2.48. The normalized spacial score (nSPS) is 33.3. The second-order valence-corrected chi connectivity index (χ2v) is 10.4. The van der Waals surface area contributed by atoms with Crippen molar-refractivity contribution in [1.29, 1.82) is 0 Å². The van der Waals surface area contributed by atoms with Crippen LogP contribution < -0.4 is 31.9 Å². The van der Waals surface area contributed by atoms with Gasteiger partial charge in [-0.1, -0.05) is 25.0 Å². The Morgan fingerprint density at radius 1 is 0.912 bits per heavy atom. The molecule has 4 rings (SSSR count). The zero-order valence-corrected chi connectivity index (χ0v) is 21.0. The predicted molar refractivity (Wildman–Crippen MR) is 141 cm³/mol. The first-order valence-electron chi connectivity index (χ1n) is 13.3. The lowest BCUT2D eigenvalue weighted by Crippen LogP contribution is -2.65. The van der Waals surface area contributed by atoms with Gasteiger partial charge in [-0.25, -0.2) is 0 Å². The second kappa shape index (κ2) is 12.5. The Kier molecular flexibility index (Phi) is 9.38. The minimum Gasteiger partial charge on any atom is -0.315 e. The molecular weight excluding hydrogens is 422 g/mol. The zero-order chi connectivity index (χ0) is 23.7. The number of likely N-dealkylation sites (N-methyl/N-ethyl adjacent to an activating group) is 1. The summed E-state index contributed by atoms with van der Waals surface area (Å²) in [7, 11) is 0. The van der Waals surface area contributed by atoms with Gasteiger partial charge >= 0.3 is 0 Å². The molecule has 1 aromatic rings. The van der Waals surface area contributed by atoms with Crippen molar-refractivity contribution in [3.8, 4) is 12.3 Å². The Morgan fingerprint density at radius 2 is 1.59 bits per heavy atom. The molecule has 3 fully saturated rings. The van der Waals surface area contributed by atoms with Gasteiger partial charge in [0.25, 0.3) is 0 Å². The fourth-order valence-electron chi connectivity index (χ4n) is 5.90. The number of piperidine rings is 1. The Morgan fingerprint density at radius 3 is 2.29 bits per heavy atom. The maximum Gasteiger partial charge on any atom is 0.0561 e. The van der Waals surface area contributed by atoms with Crippen LogP contribution in [0.25, 0.3) is 0 Å². The lowest BCUT2D eigenvalue weighted by atomic mass is 9.84. The second-order valence-electron chi connectivity index (χ2n) is 10.4. The SMILES string of the molecule is C#Cc1ccc(CNC23CNCCNCC4(NCC)CCC(CCNC2)N(CCNC3)C4)cc1. The quantitative estimate of drug-likeness (QED) is 0.343. The number of hydrogen-bond donors (Lipinski definition) is 6. The molecule has 0 radical (unpaired) electrons. The smallest absolute Gasteiger partial charge is 0.0561 e. The van der Waals surface area contributed by atoms with Crippen LogP contribution in [0.15, 0.2) is 24.3 Å². The molecule has 6 N–H and O–H groups in total. The molecule has 188 valence electrons. The number of nitrogens with zero attached hydrogens (tertiary/aromatic N) is 1. The Hall–Kier alpha value is -1.50. The highest BCUT2D eigenvalue weighted by Crippen LogP contribution is 2.27. The Balaban J connectivity index is 1.48. The average Bonchev–Trinajstić information content (AvgIpc) is 2.90. The molecule has 0 aromatic heterocycles. The minimum absolute atomic E-state index is 0.0622. The topological polar surface area (TPSA) is 75.4 Å². The highest BCUT2D eigenvalue weighted by atomic mass is 15.2. The molecule has 4 unspecified atom stereocenters. The summed E-state index contributed by atoms with van der Waals surface area (Å²) in [5.41, 5.74) is 2.32. The summed E-state index contributed by atoms with van der Waals surface area (Å²) >= 11 is 0. The third kappa shape index (κ3) is 6.79. The van der Waals surface area contributed by atoms with E-state index in [1.807, 2.05) is 12.1 Å². The van der Waals surface area contributed by atoms with E-state index < -0.39 is 0 Å². The number of benzene rings is 1. The van der Waals surface area contributed by atoms with E-state index in [1.165, 1.54) is 24.8 Å². The molecule has 34 heavy (non-hydrogen) atoms. The predicted octanol–water partition coefficient (Wildman–Crippen LogP) is 0.0847. The summed E-state index contributed by atoms with van der Waals surface area (Å²) in [6.07, 6.45) is 9.26. The van der Waals surface area contributed by atoms with Gasteiger partial charge in [-0.15, -0.1) is 6.42 Å². The summed E-state index contributed by atoms with van der Waals surface area (Å²) < 4.78 is 0.